The Morgan fingerprint density at radius 2 is 1.97 bits per heavy atom. The monoisotopic (exact) mass is 433 g/mol. The second-order valence-electron chi connectivity index (χ2n) is 7.83. The summed E-state index contributed by atoms with van der Waals surface area (Å²) in [5.74, 6) is -0.265. The van der Waals surface area contributed by atoms with Gasteiger partial charge in [-0.2, -0.15) is 0 Å². The van der Waals surface area contributed by atoms with Gasteiger partial charge in [-0.05, 0) is 12.6 Å². The third-order valence-electron chi connectivity index (χ3n) is 5.16. The summed E-state index contributed by atoms with van der Waals surface area (Å²) in [5, 5.41) is 31.6. The molecule has 1 saturated heterocycles. The highest BCUT2D eigenvalue weighted by Crippen LogP contribution is 2.24. The Labute approximate surface area is 181 Å². The fourth-order valence-electron chi connectivity index (χ4n) is 3.60. The number of aliphatic hydroxyl groups excluding tert-OH is 2. The third kappa shape index (κ3) is 6.81. The molecular weight excluding hydrogens is 402 g/mol. The van der Waals surface area contributed by atoms with Crippen molar-refractivity contribution in [2.45, 2.75) is 50.5 Å². The molecule has 10 heteroatoms. The SMILES string of the molecule is COCCNC(=O)CC1OC(Cn2cc(CN(C)Cc3ccccc3)nn2)C(O)C1O. The van der Waals surface area contributed by atoms with Crippen molar-refractivity contribution in [1.82, 2.24) is 25.2 Å². The van der Waals surface area contributed by atoms with Gasteiger partial charge >= 0.3 is 0 Å². The topological polar surface area (TPSA) is 122 Å². The molecule has 1 aliphatic rings. The van der Waals surface area contributed by atoms with Crippen LogP contribution in [-0.4, -0.2) is 87.7 Å². The average molecular weight is 434 g/mol. The molecule has 0 saturated carbocycles. The Bertz CT molecular complexity index is 818. The molecule has 4 unspecified atom stereocenters. The van der Waals surface area contributed by atoms with E-state index in [-0.39, 0.29) is 18.9 Å². The Balaban J connectivity index is 1.48. The normalized spacial score (nSPS) is 23.4. The minimum absolute atomic E-state index is 0.0364. The van der Waals surface area contributed by atoms with Crippen LogP contribution in [0.15, 0.2) is 36.5 Å². The first kappa shape index (κ1) is 23.3. The molecule has 0 radical (unpaired) electrons. The molecule has 3 N–H and O–H groups in total. The molecule has 0 spiro atoms. The van der Waals surface area contributed by atoms with Crippen LogP contribution in [0.5, 0.6) is 0 Å². The number of benzene rings is 1. The van der Waals surface area contributed by atoms with Crippen LogP contribution in [0, 0.1) is 0 Å². The molecule has 1 aliphatic heterocycles. The maximum absolute atomic E-state index is 12.0. The van der Waals surface area contributed by atoms with Crippen molar-refractivity contribution >= 4 is 5.91 Å². The van der Waals surface area contributed by atoms with Crippen LogP contribution in [0.1, 0.15) is 17.7 Å². The lowest BCUT2D eigenvalue weighted by Crippen LogP contribution is -2.37. The molecule has 2 aromatic rings. The summed E-state index contributed by atoms with van der Waals surface area (Å²) in [6, 6.07) is 10.2. The number of amides is 1. The molecule has 1 aromatic carbocycles. The van der Waals surface area contributed by atoms with Gasteiger partial charge < -0.3 is 25.0 Å². The predicted molar refractivity (Wildman–Crippen MR) is 112 cm³/mol. The summed E-state index contributed by atoms with van der Waals surface area (Å²) in [7, 11) is 3.56. The number of methoxy groups -OCH3 is 1. The molecule has 31 heavy (non-hydrogen) atoms. The van der Waals surface area contributed by atoms with Gasteiger partial charge in [0.1, 0.15) is 18.3 Å². The van der Waals surface area contributed by atoms with Crippen LogP contribution in [0.4, 0.5) is 0 Å². The van der Waals surface area contributed by atoms with E-state index >= 15 is 0 Å². The van der Waals surface area contributed by atoms with Gasteiger partial charge in [0.05, 0.1) is 31.4 Å². The summed E-state index contributed by atoms with van der Waals surface area (Å²) >= 11 is 0. The van der Waals surface area contributed by atoms with E-state index in [1.165, 1.54) is 5.56 Å². The predicted octanol–water partition coefficient (Wildman–Crippen LogP) is -0.448. The zero-order valence-corrected chi connectivity index (χ0v) is 17.9. The van der Waals surface area contributed by atoms with Gasteiger partial charge in [-0.1, -0.05) is 35.5 Å². The average Bonchev–Trinajstić information content (AvgIpc) is 3.28. The fourth-order valence-corrected chi connectivity index (χ4v) is 3.60. The van der Waals surface area contributed by atoms with Gasteiger partial charge in [0.2, 0.25) is 5.91 Å². The summed E-state index contributed by atoms with van der Waals surface area (Å²) in [6.07, 6.45) is -1.94. The highest BCUT2D eigenvalue weighted by atomic mass is 16.5. The first-order chi connectivity index (χ1) is 15.0. The van der Waals surface area contributed by atoms with E-state index in [0.717, 1.165) is 12.2 Å². The van der Waals surface area contributed by atoms with Crippen LogP contribution in [-0.2, 0) is 33.9 Å². The van der Waals surface area contributed by atoms with E-state index in [1.54, 1.807) is 18.0 Å². The number of rotatable bonds is 11. The molecule has 10 nitrogen and oxygen atoms in total. The third-order valence-corrected chi connectivity index (χ3v) is 5.16. The zero-order valence-electron chi connectivity index (χ0n) is 17.9. The maximum atomic E-state index is 12.0. The van der Waals surface area contributed by atoms with Crippen molar-refractivity contribution in [3.63, 3.8) is 0 Å². The number of hydrogen-bond donors (Lipinski definition) is 3. The van der Waals surface area contributed by atoms with Gasteiger partial charge in [0, 0.05) is 32.9 Å². The van der Waals surface area contributed by atoms with Gasteiger partial charge in [-0.25, -0.2) is 4.68 Å². The molecule has 170 valence electrons. The van der Waals surface area contributed by atoms with Crippen molar-refractivity contribution in [1.29, 1.82) is 0 Å². The number of carbonyl (C=O) groups is 1. The number of hydrogen-bond acceptors (Lipinski definition) is 8. The Morgan fingerprint density at radius 3 is 2.71 bits per heavy atom. The maximum Gasteiger partial charge on any atom is 0.222 e. The zero-order chi connectivity index (χ0) is 22.2. The summed E-state index contributed by atoms with van der Waals surface area (Å²) < 4.78 is 12.2. The van der Waals surface area contributed by atoms with Gasteiger partial charge in [0.25, 0.3) is 0 Å². The smallest absolute Gasteiger partial charge is 0.222 e. The van der Waals surface area contributed by atoms with Crippen molar-refractivity contribution < 1.29 is 24.5 Å². The number of ether oxygens (including phenoxy) is 2. The number of aliphatic hydroxyl groups is 2. The number of nitrogens with zero attached hydrogens (tertiary/aromatic N) is 4. The molecule has 1 aromatic heterocycles. The van der Waals surface area contributed by atoms with Crippen LogP contribution in [0.3, 0.4) is 0 Å². The molecular formula is C21H31N5O5. The fraction of sp³-hybridized carbons (Fsp3) is 0.571. The Kier molecular flexibility index (Phi) is 8.50. The molecule has 4 atom stereocenters. The Hall–Kier alpha value is -2.37. The molecule has 1 amide bonds. The second-order valence-corrected chi connectivity index (χ2v) is 7.83. The summed E-state index contributed by atoms with van der Waals surface area (Å²) in [5.41, 5.74) is 2.01. The lowest BCUT2D eigenvalue weighted by molar-refractivity contribution is -0.125. The highest BCUT2D eigenvalue weighted by molar-refractivity contribution is 5.76. The first-order valence-electron chi connectivity index (χ1n) is 10.3. The van der Waals surface area contributed by atoms with E-state index in [4.69, 9.17) is 9.47 Å². The highest BCUT2D eigenvalue weighted by Gasteiger charge is 2.43. The van der Waals surface area contributed by atoms with Crippen molar-refractivity contribution in [2.75, 3.05) is 27.3 Å². The van der Waals surface area contributed by atoms with Crippen molar-refractivity contribution in [3.8, 4) is 0 Å². The van der Waals surface area contributed by atoms with Crippen LogP contribution in [0.25, 0.3) is 0 Å². The molecule has 2 heterocycles. The largest absolute Gasteiger partial charge is 0.388 e. The van der Waals surface area contributed by atoms with Crippen LogP contribution < -0.4 is 5.32 Å². The summed E-state index contributed by atoms with van der Waals surface area (Å²) in [6.45, 7) is 2.43. The van der Waals surface area contributed by atoms with Crippen LogP contribution in [0.2, 0.25) is 0 Å². The van der Waals surface area contributed by atoms with Crippen molar-refractivity contribution in [3.05, 3.63) is 47.8 Å². The molecule has 0 aliphatic carbocycles. The van der Waals surface area contributed by atoms with E-state index in [1.807, 2.05) is 25.2 Å². The van der Waals surface area contributed by atoms with Gasteiger partial charge in [-0.15, -0.1) is 5.10 Å². The minimum Gasteiger partial charge on any atom is -0.388 e. The van der Waals surface area contributed by atoms with Crippen LogP contribution >= 0.6 is 0 Å². The quantitative estimate of drug-likeness (QED) is 0.408. The second kappa shape index (κ2) is 11.3. The molecule has 1 fully saturated rings. The minimum atomic E-state index is -1.14. The van der Waals surface area contributed by atoms with Gasteiger partial charge in [0.15, 0.2) is 0 Å². The summed E-state index contributed by atoms with van der Waals surface area (Å²) in [4.78, 5) is 14.1. The van der Waals surface area contributed by atoms with E-state index < -0.39 is 24.4 Å². The van der Waals surface area contributed by atoms with E-state index in [9.17, 15) is 15.0 Å². The van der Waals surface area contributed by atoms with E-state index in [0.29, 0.717) is 19.7 Å². The lowest BCUT2D eigenvalue weighted by atomic mass is 10.1. The van der Waals surface area contributed by atoms with E-state index in [2.05, 4.69) is 32.7 Å². The first-order valence-corrected chi connectivity index (χ1v) is 10.3. The number of aromatic nitrogens is 3. The van der Waals surface area contributed by atoms with Crippen molar-refractivity contribution in [2.24, 2.45) is 0 Å². The standard InChI is InChI=1S/C21H31N5O5/c1-25(11-15-6-4-3-5-7-15)12-16-13-26(24-23-16)14-18-21(29)20(28)17(31-18)10-19(27)22-8-9-30-2/h3-7,13,17-18,20-21,28-29H,8-12,14H2,1-2H3,(H,22,27). The molecule has 3 rings (SSSR count). The molecule has 0 bridgehead atoms. The van der Waals surface area contributed by atoms with Gasteiger partial charge in [-0.3, -0.25) is 9.69 Å². The Morgan fingerprint density at radius 1 is 1.23 bits per heavy atom. The number of carbonyl (C=O) groups excluding carboxylic acids is 1. The number of nitrogens with one attached hydrogen (secondary N) is 1. The lowest BCUT2D eigenvalue weighted by Gasteiger charge is -2.15.